The summed E-state index contributed by atoms with van der Waals surface area (Å²) in [5.74, 6) is 0. The summed E-state index contributed by atoms with van der Waals surface area (Å²) in [6.45, 7) is 9.47. The van der Waals surface area contributed by atoms with Crippen LogP contribution in [-0.2, 0) is 10.8 Å². The van der Waals surface area contributed by atoms with Crippen LogP contribution in [0, 0.1) is 0 Å². The summed E-state index contributed by atoms with van der Waals surface area (Å²) in [6, 6.07) is 84.6. The highest BCUT2D eigenvalue weighted by Crippen LogP contribution is 2.52. The Labute approximate surface area is 456 Å². The van der Waals surface area contributed by atoms with Crippen molar-refractivity contribution in [3.05, 3.63) is 259 Å². The SMILES string of the molecule is CC1(C)c2ccccc2-c2ccc(-n3c4ccccc4c4cc(-c5ccc6c(c5)c5cc(-c7ccc8c(c7)c7ccccc7n8-c7ccc8cnncc8c7)ccc5n6-c5ccc6c(c5)C(C)(C)c5ccccc5-6)ccc43)cc21. The van der Waals surface area contributed by atoms with Crippen molar-refractivity contribution in [3.63, 3.8) is 0 Å². The van der Waals surface area contributed by atoms with Gasteiger partial charge in [0.2, 0.25) is 0 Å². The molecule has 11 aromatic carbocycles. The Bertz CT molecular complexity index is 5150. The summed E-state index contributed by atoms with van der Waals surface area (Å²) >= 11 is 0. The molecule has 0 atom stereocenters. The number of hydrogen-bond donors (Lipinski definition) is 0. The van der Waals surface area contributed by atoms with Crippen molar-refractivity contribution in [1.82, 2.24) is 23.9 Å². The molecule has 0 unspecified atom stereocenters. The van der Waals surface area contributed by atoms with Crippen LogP contribution >= 0.6 is 0 Å². The minimum atomic E-state index is -0.128. The molecular weight excluding hydrogens is 959 g/mol. The zero-order valence-corrected chi connectivity index (χ0v) is 44.3. The molecule has 4 aromatic heterocycles. The van der Waals surface area contributed by atoms with Crippen LogP contribution in [0.25, 0.3) is 138 Å². The predicted molar refractivity (Wildman–Crippen MR) is 329 cm³/mol. The Kier molecular flexibility index (Phi) is 8.90. The molecule has 2 aliphatic carbocycles. The molecule has 0 bridgehead atoms. The average Bonchev–Trinajstić information content (AvgIpc) is 4.41. The number of benzene rings is 11. The van der Waals surface area contributed by atoms with Gasteiger partial charge in [0.15, 0.2) is 0 Å². The van der Waals surface area contributed by atoms with Gasteiger partial charge in [0.05, 0.1) is 45.5 Å². The van der Waals surface area contributed by atoms with Crippen LogP contribution in [0.3, 0.4) is 0 Å². The van der Waals surface area contributed by atoms with E-state index >= 15 is 0 Å². The van der Waals surface area contributed by atoms with E-state index in [9.17, 15) is 0 Å². The van der Waals surface area contributed by atoms with Gasteiger partial charge in [-0.3, -0.25) is 0 Å². The molecule has 372 valence electrons. The van der Waals surface area contributed by atoms with Crippen LogP contribution < -0.4 is 0 Å². The van der Waals surface area contributed by atoms with Gasteiger partial charge in [0.25, 0.3) is 0 Å². The zero-order chi connectivity index (χ0) is 52.5. The molecule has 0 saturated heterocycles. The van der Waals surface area contributed by atoms with E-state index in [1.54, 1.807) is 0 Å². The third-order valence-corrected chi connectivity index (χ3v) is 18.2. The normalized spacial score (nSPS) is 14.0. The van der Waals surface area contributed by atoms with Crippen LogP contribution in [-0.4, -0.2) is 23.9 Å². The molecule has 0 saturated carbocycles. The minimum Gasteiger partial charge on any atom is -0.309 e. The number of nitrogens with zero attached hydrogens (tertiary/aromatic N) is 5. The minimum absolute atomic E-state index is 0.0928. The number of hydrogen-bond acceptors (Lipinski definition) is 2. The maximum atomic E-state index is 4.20. The van der Waals surface area contributed by atoms with Crippen molar-refractivity contribution >= 4 is 76.2 Å². The lowest BCUT2D eigenvalue weighted by Gasteiger charge is -2.22. The van der Waals surface area contributed by atoms with Gasteiger partial charge in [-0.2, -0.15) is 10.2 Å². The van der Waals surface area contributed by atoms with Crippen LogP contribution in [0.15, 0.2) is 237 Å². The van der Waals surface area contributed by atoms with Gasteiger partial charge in [-0.1, -0.05) is 155 Å². The van der Waals surface area contributed by atoms with E-state index in [0.29, 0.717) is 0 Å². The van der Waals surface area contributed by atoms with Gasteiger partial charge >= 0.3 is 0 Å². The van der Waals surface area contributed by atoms with Crippen LogP contribution in [0.5, 0.6) is 0 Å². The van der Waals surface area contributed by atoms with Crippen LogP contribution in [0.2, 0.25) is 0 Å². The van der Waals surface area contributed by atoms with Crippen molar-refractivity contribution < 1.29 is 0 Å². The van der Waals surface area contributed by atoms with Crippen molar-refractivity contribution in [2.45, 2.75) is 38.5 Å². The van der Waals surface area contributed by atoms with Gasteiger partial charge < -0.3 is 13.7 Å². The number of fused-ring (bicyclic) bond motifs is 16. The Morgan fingerprint density at radius 3 is 1.06 bits per heavy atom. The summed E-state index contributed by atoms with van der Waals surface area (Å²) in [6.07, 6.45) is 3.67. The first-order chi connectivity index (χ1) is 38.7. The molecule has 79 heavy (non-hydrogen) atoms. The Morgan fingerprint density at radius 2 is 0.608 bits per heavy atom. The highest BCUT2D eigenvalue weighted by Gasteiger charge is 2.37. The van der Waals surface area contributed by atoms with Gasteiger partial charge in [-0.05, 0) is 164 Å². The molecule has 15 aromatic rings. The molecule has 0 amide bonds. The van der Waals surface area contributed by atoms with Gasteiger partial charge in [-0.25, -0.2) is 0 Å². The topological polar surface area (TPSA) is 40.6 Å². The Hall–Kier alpha value is -9.84. The summed E-state index contributed by atoms with van der Waals surface area (Å²) < 4.78 is 7.35. The highest BCUT2D eigenvalue weighted by atomic mass is 15.1. The standard InChI is InChI=1S/C74H51N5/c1-73(2)63-17-9-5-13-53(63)55-29-27-51(40-65(55)73)78-68-20-12-8-16-58(68)60-37-45(23-32-70(60)78)47-25-34-72-62(39-47)61-38-46(24-33-71(61)79(72)52-28-30-56-54-14-6-10-18-64(54)74(3,4)66(56)41-52)44-22-31-69-59(36-44)57-15-7-11-19-67(57)77(69)50-26-21-48-42-75-76-43-49(48)35-50/h5-43H,1-4H3. The number of aromatic nitrogens is 5. The molecule has 0 N–H and O–H groups in total. The fourth-order valence-electron chi connectivity index (χ4n) is 14.3. The van der Waals surface area contributed by atoms with E-state index in [-0.39, 0.29) is 10.8 Å². The first kappa shape index (κ1) is 44.3. The lowest BCUT2D eigenvalue weighted by atomic mass is 9.82. The third-order valence-electron chi connectivity index (χ3n) is 18.2. The second-order valence-electron chi connectivity index (χ2n) is 23.1. The second-order valence-corrected chi connectivity index (χ2v) is 23.1. The third kappa shape index (κ3) is 6.16. The molecule has 17 rings (SSSR count). The second kappa shape index (κ2) is 15.9. The first-order valence-electron chi connectivity index (χ1n) is 27.5. The maximum Gasteiger partial charge on any atom is 0.0575 e. The van der Waals surface area contributed by atoms with Crippen molar-refractivity contribution in [1.29, 1.82) is 0 Å². The van der Waals surface area contributed by atoms with Crippen LogP contribution in [0.1, 0.15) is 49.9 Å². The van der Waals surface area contributed by atoms with Gasteiger partial charge in [-0.15, -0.1) is 0 Å². The highest BCUT2D eigenvalue weighted by molar-refractivity contribution is 6.15. The monoisotopic (exact) mass is 1010 g/mol. The van der Waals surface area contributed by atoms with E-state index < -0.39 is 0 Å². The molecule has 2 aliphatic rings. The summed E-state index contributed by atoms with van der Waals surface area (Å²) in [5, 5.41) is 17.8. The van der Waals surface area contributed by atoms with Crippen molar-refractivity contribution in [3.8, 4) is 61.6 Å². The molecule has 5 heteroatoms. The van der Waals surface area contributed by atoms with Gasteiger partial charge in [0, 0.05) is 71.0 Å². The van der Waals surface area contributed by atoms with E-state index in [1.165, 1.54) is 138 Å². The fraction of sp³-hybridized carbons (Fsp3) is 0.0811. The molecule has 4 heterocycles. The smallest absolute Gasteiger partial charge is 0.0575 e. The predicted octanol–water partition coefficient (Wildman–Crippen LogP) is 18.9. The van der Waals surface area contributed by atoms with E-state index in [4.69, 9.17) is 0 Å². The average molecular weight is 1010 g/mol. The quantitative estimate of drug-likeness (QED) is 0.172. The number of rotatable bonds is 5. The summed E-state index contributed by atoms with van der Waals surface area (Å²) in [7, 11) is 0. The van der Waals surface area contributed by atoms with E-state index in [1.807, 2.05) is 12.4 Å². The van der Waals surface area contributed by atoms with Crippen LogP contribution in [0.4, 0.5) is 0 Å². The molecule has 5 nitrogen and oxygen atoms in total. The van der Waals surface area contributed by atoms with Gasteiger partial charge in [0.1, 0.15) is 0 Å². The molecular formula is C74H51N5. The lowest BCUT2D eigenvalue weighted by molar-refractivity contribution is 0.660. The molecule has 0 aliphatic heterocycles. The molecule has 0 fully saturated rings. The Morgan fingerprint density at radius 1 is 0.266 bits per heavy atom. The van der Waals surface area contributed by atoms with Crippen molar-refractivity contribution in [2.24, 2.45) is 0 Å². The zero-order valence-electron chi connectivity index (χ0n) is 44.3. The first-order valence-corrected chi connectivity index (χ1v) is 27.5. The molecule has 0 radical (unpaired) electrons. The summed E-state index contributed by atoms with van der Waals surface area (Å²) in [4.78, 5) is 0. The van der Waals surface area contributed by atoms with E-state index in [0.717, 1.165) is 22.0 Å². The maximum absolute atomic E-state index is 4.20. The largest absolute Gasteiger partial charge is 0.309 e. The fourth-order valence-corrected chi connectivity index (χ4v) is 14.3. The van der Waals surface area contributed by atoms with Crippen molar-refractivity contribution in [2.75, 3.05) is 0 Å². The van der Waals surface area contributed by atoms with E-state index in [2.05, 4.69) is 276 Å². The molecule has 0 spiro atoms. The number of para-hydroxylation sites is 2. The summed E-state index contributed by atoms with van der Waals surface area (Å²) in [5.41, 5.74) is 25.9. The Balaban J connectivity index is 0.838. The lowest BCUT2D eigenvalue weighted by Crippen LogP contribution is -2.15.